The summed E-state index contributed by atoms with van der Waals surface area (Å²) in [6.07, 6.45) is -2.61. The highest BCUT2D eigenvalue weighted by Crippen LogP contribution is 2.32. The number of methoxy groups -OCH3 is 1. The number of aromatic hydroxyl groups is 1. The van der Waals surface area contributed by atoms with E-state index in [9.17, 15) is 97.8 Å². The Kier molecular flexibility index (Phi) is 33.9. The molecule has 3 heterocycles. The van der Waals surface area contributed by atoms with E-state index in [0.29, 0.717) is 41.8 Å². The molecule has 1 aliphatic heterocycles. The van der Waals surface area contributed by atoms with Gasteiger partial charge < -0.3 is 104 Å². The first-order chi connectivity index (χ1) is 56.0. The number of alkyl carbamates (subject to hydrolysis) is 1. The maximum Gasteiger partial charge on any atom is 0.407 e. The van der Waals surface area contributed by atoms with Crippen LogP contribution in [0.15, 0.2) is 122 Å². The van der Waals surface area contributed by atoms with Gasteiger partial charge in [0.1, 0.15) is 71.0 Å². The van der Waals surface area contributed by atoms with Gasteiger partial charge in [0.2, 0.25) is 65.0 Å². The lowest BCUT2D eigenvalue weighted by atomic mass is 9.86. The molecule has 7 rings (SSSR count). The minimum atomic E-state index is -2.33. The van der Waals surface area contributed by atoms with Crippen LogP contribution in [-0.4, -0.2) is 232 Å². The van der Waals surface area contributed by atoms with Crippen molar-refractivity contribution in [1.82, 2.24) is 73.0 Å². The summed E-state index contributed by atoms with van der Waals surface area (Å²) in [6.45, 7) is 6.13. The van der Waals surface area contributed by atoms with Crippen molar-refractivity contribution in [2.45, 2.75) is 197 Å². The normalized spacial score (nSPS) is 16.2. The van der Waals surface area contributed by atoms with Crippen molar-refractivity contribution >= 4 is 83.0 Å². The molecule has 118 heavy (non-hydrogen) atoms. The second-order valence-electron chi connectivity index (χ2n) is 29.2. The number of aliphatic hydroxyl groups is 3. The number of piperidine rings is 1. The molecule has 4 aromatic carbocycles. The number of aryl methyl sites for hydroxylation is 4. The summed E-state index contributed by atoms with van der Waals surface area (Å²) in [4.78, 5) is 205. The number of rotatable bonds is 42. The lowest BCUT2D eigenvalue weighted by molar-refractivity contribution is -0.152. The molecule has 36 nitrogen and oxygen atoms in total. The Bertz CT molecular complexity index is 4570. The van der Waals surface area contributed by atoms with E-state index in [4.69, 9.17) is 10.5 Å². The number of carboxylic acid groups (broad SMARTS) is 2. The van der Waals surface area contributed by atoms with Crippen molar-refractivity contribution in [2.75, 3.05) is 26.8 Å². The summed E-state index contributed by atoms with van der Waals surface area (Å²) in [5.41, 5.74) is 8.25. The predicted molar refractivity (Wildman–Crippen MR) is 422 cm³/mol. The number of H-pyrrole nitrogens is 1. The van der Waals surface area contributed by atoms with Crippen LogP contribution >= 0.6 is 0 Å². The van der Waals surface area contributed by atoms with Crippen LogP contribution in [0.2, 0.25) is 0 Å². The molecule has 0 bridgehead atoms. The van der Waals surface area contributed by atoms with Crippen LogP contribution in [0, 0.1) is 12.7 Å². The van der Waals surface area contributed by atoms with Gasteiger partial charge in [-0.05, 0) is 156 Å². The number of halogens is 1. The molecule has 0 spiro atoms. The first-order valence-corrected chi connectivity index (χ1v) is 38.2. The molecule has 0 aliphatic carbocycles. The number of aliphatic carboxylic acids is 2. The first-order valence-electron chi connectivity index (χ1n) is 38.2. The van der Waals surface area contributed by atoms with Gasteiger partial charge in [0, 0.05) is 43.8 Å². The van der Waals surface area contributed by atoms with Gasteiger partial charge in [-0.1, -0.05) is 85.8 Å². The number of imidazole rings is 1. The first kappa shape index (κ1) is 92.4. The van der Waals surface area contributed by atoms with Gasteiger partial charge in [-0.25, -0.2) is 14.2 Å². The van der Waals surface area contributed by atoms with Gasteiger partial charge in [0.25, 0.3) is 0 Å². The quantitative estimate of drug-likeness (QED) is 0.0246. The number of hydrogen-bond donors (Lipinski definition) is 18. The maximum atomic E-state index is 15.3. The average Bonchev–Trinajstić information content (AvgIpc) is 0.853. The number of nitrogens with two attached hydrogens (primary N) is 1. The van der Waals surface area contributed by atoms with Crippen LogP contribution in [0.4, 0.5) is 9.18 Å². The molecule has 1 fully saturated rings. The number of pyridine rings is 1. The summed E-state index contributed by atoms with van der Waals surface area (Å²) in [7, 11) is 1.09. The van der Waals surface area contributed by atoms with E-state index in [1.807, 2.05) is 50.2 Å². The lowest BCUT2D eigenvalue weighted by Gasteiger charge is -2.45. The highest BCUT2D eigenvalue weighted by molar-refractivity contribution is 6.01. The third kappa shape index (κ3) is 26.1. The van der Waals surface area contributed by atoms with Gasteiger partial charge in [0.15, 0.2) is 0 Å². The number of primary amides is 1. The Labute approximate surface area is 678 Å². The number of carbonyl (C=O) groups excluding carboxylic acids is 12. The molecule has 19 N–H and O–H groups in total. The average molecular weight is 1640 g/mol. The van der Waals surface area contributed by atoms with Gasteiger partial charge in [-0.2, -0.15) is 0 Å². The number of benzene rings is 4. The van der Waals surface area contributed by atoms with E-state index >= 15 is 4.39 Å². The Balaban J connectivity index is 1.05. The SMILES string of the molecule is CCc1cc(O)ccc1-c1ccc(CC[C@H](NC(=O)[C@H](CC(=O)O)NC(=O)[C@H](CO)NC(=O)[C@@H](NC(=O)[C@](C)(CCc2ccccc2F)NC(=O)[C@@H](NC(=O)CNC(=O)[C@H](CCC(=O)O)NC(=O)[C@]2(C)CCCCN2C(=O)[C@H](Cc2c[nH]cn2)NC(=O)OC)[C@@H](C)O)[C@@H](C)O)C(=O)N[C@@H](Cc2ccc(-c3ccccc3C)nc2)C(N)=O)cc1. The minimum absolute atomic E-state index is 0.00244. The molecule has 37 heteroatoms. The van der Waals surface area contributed by atoms with Crippen molar-refractivity contribution in [2.24, 2.45) is 5.73 Å². The molecule has 6 aromatic rings. The number of nitrogens with zero attached hydrogens (tertiary/aromatic N) is 3. The number of nitrogens with one attached hydrogen (secondary N) is 11. The molecule has 0 radical (unpaired) electrons. The van der Waals surface area contributed by atoms with E-state index in [1.54, 1.807) is 42.5 Å². The van der Waals surface area contributed by atoms with Crippen LogP contribution in [0.3, 0.4) is 0 Å². The third-order valence-corrected chi connectivity index (χ3v) is 20.2. The highest BCUT2D eigenvalue weighted by Gasteiger charge is 2.48. The second-order valence-corrected chi connectivity index (χ2v) is 29.2. The fraction of sp³-hybridized carbons (Fsp3) is 0.432. The van der Waals surface area contributed by atoms with Crippen LogP contribution < -0.4 is 58.9 Å². The standard InChI is InChI=1S/C81H102FN15O21/c1-8-49-36-53(101)25-26-55(49)50-23-19-47(20-24-50)21-28-59(71(109)89-60(69(83)107)35-48-22-27-57(85-39-48)54-17-11-9-15-44(54)2)88-72(110)61(38-66(105)106)90-73(111)63(42-98)91-74(112)67(45(3)99)95-77(115)80(5,33-31-51-16-10-12-18-56(51)82)96-75(113)68(46(4)100)94-64(102)41-86-70(108)58(29-30-65(103)104)92-78(116)81(6)32-13-14-34-97(81)76(114)62(93-79(117)118-7)37-52-40-84-43-87-52/h9-12,15-20,22-27,36,39-40,43,45-46,58-63,67-68,98-101H,8,13-14,21,28-35,37-38,41-42H2,1-7H3,(H2,83,107)(H,84,87)(H,86,108)(H,88,110)(H,89,109)(H,90,111)(H,91,112)(H,92,116)(H,93,117)(H,94,102)(H,95,115)(H,96,113)(H,103,104)(H,105,106)/t45-,46-,58+,59+,60+,61+,62+,63+,67+,68+,80+,81+/m1/s1. The number of ether oxygens (including phenoxy) is 1. The maximum absolute atomic E-state index is 15.3. The molecule has 12 amide bonds. The Morgan fingerprint density at radius 3 is 1.92 bits per heavy atom. The van der Waals surface area contributed by atoms with E-state index in [0.717, 1.165) is 61.8 Å². The molecular formula is C81H102FN15O21. The molecule has 634 valence electrons. The van der Waals surface area contributed by atoms with Crippen molar-refractivity contribution in [3.63, 3.8) is 0 Å². The summed E-state index contributed by atoms with van der Waals surface area (Å²) >= 11 is 0. The zero-order valence-electron chi connectivity index (χ0n) is 66.2. The van der Waals surface area contributed by atoms with Gasteiger partial charge in [-0.15, -0.1) is 0 Å². The Morgan fingerprint density at radius 2 is 1.30 bits per heavy atom. The highest BCUT2D eigenvalue weighted by atomic mass is 19.1. The molecule has 12 atom stereocenters. The number of aromatic amines is 1. The van der Waals surface area contributed by atoms with Crippen LogP contribution in [-0.2, 0) is 99.2 Å². The van der Waals surface area contributed by atoms with Crippen molar-refractivity contribution in [3.8, 4) is 28.1 Å². The fourth-order valence-corrected chi connectivity index (χ4v) is 13.3. The number of phenolic OH excluding ortho intramolecular Hbond substituents is 1. The summed E-state index contributed by atoms with van der Waals surface area (Å²) in [5, 5.41) is 86.2. The van der Waals surface area contributed by atoms with Crippen LogP contribution in [0.5, 0.6) is 5.75 Å². The van der Waals surface area contributed by atoms with Crippen molar-refractivity contribution in [1.29, 1.82) is 0 Å². The minimum Gasteiger partial charge on any atom is -0.508 e. The monoisotopic (exact) mass is 1640 g/mol. The largest absolute Gasteiger partial charge is 0.508 e. The molecule has 1 aliphatic rings. The van der Waals surface area contributed by atoms with Gasteiger partial charge in [-0.3, -0.25) is 67.3 Å². The predicted octanol–water partition coefficient (Wildman–Crippen LogP) is 0.364. The number of amides is 12. The van der Waals surface area contributed by atoms with Gasteiger partial charge >= 0.3 is 18.0 Å². The summed E-state index contributed by atoms with van der Waals surface area (Å²) in [5.74, 6) is -16.3. The molecule has 2 aromatic heterocycles. The fourth-order valence-electron chi connectivity index (χ4n) is 13.3. The number of aliphatic hydroxyl groups excluding tert-OH is 3. The Hall–Kier alpha value is -12.8. The van der Waals surface area contributed by atoms with E-state index in [-0.39, 0.29) is 56.4 Å². The smallest absolute Gasteiger partial charge is 0.407 e. The van der Waals surface area contributed by atoms with Crippen molar-refractivity contribution < 1.29 is 107 Å². The topological polar surface area (TPSA) is 561 Å². The molecular weight excluding hydrogens is 1540 g/mol. The lowest BCUT2D eigenvalue weighted by Crippen LogP contribution is -2.66. The van der Waals surface area contributed by atoms with E-state index < -0.39 is 199 Å². The number of hydrogen-bond acceptors (Lipinski definition) is 21. The van der Waals surface area contributed by atoms with Crippen molar-refractivity contribution in [3.05, 3.63) is 161 Å². The number of carbonyl (C=O) groups is 14. The number of carboxylic acids is 2. The van der Waals surface area contributed by atoms with E-state index in [1.165, 1.54) is 48.7 Å². The molecule has 0 unspecified atom stereocenters. The van der Waals surface area contributed by atoms with Crippen LogP contribution in [0.25, 0.3) is 22.4 Å². The zero-order chi connectivity index (χ0) is 86.7. The third-order valence-electron chi connectivity index (χ3n) is 20.2. The summed E-state index contributed by atoms with van der Waals surface area (Å²) < 4.78 is 20.0. The van der Waals surface area contributed by atoms with E-state index in [2.05, 4.69) is 68.1 Å². The number of phenols is 1. The molecule has 1 saturated heterocycles. The van der Waals surface area contributed by atoms with Crippen LogP contribution in [0.1, 0.15) is 119 Å². The number of aromatic nitrogens is 3. The second kappa shape index (κ2) is 43.3. The Morgan fingerprint density at radius 1 is 0.661 bits per heavy atom. The molecule has 0 saturated carbocycles. The number of likely N-dealkylation sites (tertiary alicyclic amines) is 1. The zero-order valence-corrected chi connectivity index (χ0v) is 66.2. The summed E-state index contributed by atoms with van der Waals surface area (Å²) in [6, 6.07) is 14.0. The van der Waals surface area contributed by atoms with Gasteiger partial charge in [0.05, 0.1) is 56.6 Å².